The van der Waals surface area contributed by atoms with E-state index >= 15 is 0 Å². The Bertz CT molecular complexity index is 1960. The average Bonchev–Trinajstić information content (AvgIpc) is 3.65. The Balaban J connectivity index is 0.867. The Morgan fingerprint density at radius 1 is 1.02 bits per heavy atom. The lowest BCUT2D eigenvalue weighted by Gasteiger charge is -2.43. The summed E-state index contributed by atoms with van der Waals surface area (Å²) in [6, 6.07) is 6.98. The normalized spacial score (nSPS) is 21.9. The summed E-state index contributed by atoms with van der Waals surface area (Å²) in [6.07, 6.45) is -0.557. The van der Waals surface area contributed by atoms with E-state index < -0.39 is 46.9 Å². The highest BCUT2D eigenvalue weighted by Crippen LogP contribution is 2.42. The van der Waals surface area contributed by atoms with Crippen LogP contribution in [0, 0.1) is 5.92 Å². The largest absolute Gasteiger partial charge is 0.416 e. The minimum Gasteiger partial charge on any atom is -0.371 e. The molecular weight excluding hydrogens is 679 g/mol. The number of amides is 5. The van der Waals surface area contributed by atoms with Crippen molar-refractivity contribution in [3.8, 4) is 0 Å². The number of nitrogens with one attached hydrogen (secondary N) is 2. The Morgan fingerprint density at radius 2 is 1.78 bits per heavy atom. The predicted octanol–water partition coefficient (Wildman–Crippen LogP) is 3.93. The standard InChI is InChI=1S/C34H31ClF3N7O5/c35-24-10-20(34(36,37)38)2-5-25(24)39-32(50)33(8-1-9-33)44-16-19-15-42(17-26(19)41-44)12-18-13-43(14-18)21-3-4-22-23(11-21)31(49)45(30(22)48)27-6-7-28(46)40-29(27)47/h2-5,10-11,16,18,27H,1,6-9,12-15,17H2,(H,39,50)(H,40,46,47). The van der Waals surface area contributed by atoms with Crippen LogP contribution in [0.15, 0.2) is 42.6 Å². The van der Waals surface area contributed by atoms with Crippen LogP contribution in [0.25, 0.3) is 0 Å². The van der Waals surface area contributed by atoms with Gasteiger partial charge in [0.15, 0.2) is 0 Å². The van der Waals surface area contributed by atoms with Gasteiger partial charge >= 0.3 is 6.18 Å². The zero-order valence-electron chi connectivity index (χ0n) is 26.6. The van der Waals surface area contributed by atoms with Gasteiger partial charge in [0.1, 0.15) is 11.6 Å². The maximum absolute atomic E-state index is 13.5. The molecule has 1 atom stereocenters. The van der Waals surface area contributed by atoms with Crippen molar-refractivity contribution in [1.29, 1.82) is 0 Å². The molecule has 8 rings (SSSR count). The topological polar surface area (TPSA) is 137 Å². The van der Waals surface area contributed by atoms with Crippen LogP contribution in [0.5, 0.6) is 0 Å². The molecule has 50 heavy (non-hydrogen) atoms. The summed E-state index contributed by atoms with van der Waals surface area (Å²) >= 11 is 6.10. The zero-order valence-corrected chi connectivity index (χ0v) is 27.3. The lowest BCUT2D eigenvalue weighted by atomic mass is 9.76. The highest BCUT2D eigenvalue weighted by molar-refractivity contribution is 6.33. The summed E-state index contributed by atoms with van der Waals surface area (Å²) in [6.45, 7) is 3.60. The molecule has 5 aliphatic rings. The molecule has 1 aliphatic carbocycles. The number of carbonyl (C=O) groups excluding carboxylic acids is 5. The van der Waals surface area contributed by atoms with E-state index in [1.807, 2.05) is 6.20 Å². The molecule has 3 fully saturated rings. The minimum absolute atomic E-state index is 0.0620. The van der Waals surface area contributed by atoms with E-state index in [4.69, 9.17) is 16.7 Å². The quantitative estimate of drug-likeness (QED) is 0.353. The van der Waals surface area contributed by atoms with Gasteiger partial charge in [0.2, 0.25) is 11.8 Å². The number of hydrogen-bond donors (Lipinski definition) is 2. The van der Waals surface area contributed by atoms with Crippen LogP contribution < -0.4 is 15.5 Å². The molecule has 5 amide bonds. The molecule has 5 heterocycles. The fourth-order valence-corrected chi connectivity index (χ4v) is 7.82. The molecule has 260 valence electrons. The minimum atomic E-state index is -4.54. The fraction of sp³-hybridized carbons (Fsp3) is 0.412. The Kier molecular flexibility index (Phi) is 7.56. The van der Waals surface area contributed by atoms with Crippen molar-refractivity contribution < 1.29 is 37.1 Å². The first-order chi connectivity index (χ1) is 23.8. The van der Waals surface area contributed by atoms with Crippen molar-refractivity contribution >= 4 is 52.5 Å². The van der Waals surface area contributed by atoms with Gasteiger partial charge in [-0.15, -0.1) is 0 Å². The van der Waals surface area contributed by atoms with Gasteiger partial charge in [-0.2, -0.15) is 18.3 Å². The predicted molar refractivity (Wildman–Crippen MR) is 172 cm³/mol. The number of halogens is 4. The second kappa shape index (κ2) is 11.7. The first-order valence-electron chi connectivity index (χ1n) is 16.4. The van der Waals surface area contributed by atoms with Crippen LogP contribution in [-0.2, 0) is 39.2 Å². The molecule has 0 bridgehead atoms. The number of imide groups is 2. The van der Waals surface area contributed by atoms with Gasteiger partial charge in [0, 0.05) is 62.5 Å². The summed E-state index contributed by atoms with van der Waals surface area (Å²) in [5.74, 6) is -2.13. The monoisotopic (exact) mass is 709 g/mol. The van der Waals surface area contributed by atoms with Gasteiger partial charge < -0.3 is 10.2 Å². The van der Waals surface area contributed by atoms with E-state index in [-0.39, 0.29) is 40.6 Å². The summed E-state index contributed by atoms with van der Waals surface area (Å²) in [7, 11) is 0. The van der Waals surface area contributed by atoms with E-state index in [1.54, 1.807) is 22.9 Å². The molecule has 1 saturated carbocycles. The fourth-order valence-electron chi connectivity index (χ4n) is 7.59. The number of hydrogen-bond acceptors (Lipinski definition) is 8. The van der Waals surface area contributed by atoms with Crippen molar-refractivity contribution in [3.05, 3.63) is 75.6 Å². The Hall–Kier alpha value is -4.76. The maximum atomic E-state index is 13.5. The third kappa shape index (κ3) is 5.34. The van der Waals surface area contributed by atoms with Crippen molar-refractivity contribution in [3.63, 3.8) is 0 Å². The lowest BCUT2D eigenvalue weighted by molar-refractivity contribution is -0.138. The van der Waals surface area contributed by atoms with Crippen molar-refractivity contribution in [2.45, 2.75) is 63.0 Å². The van der Waals surface area contributed by atoms with Crippen molar-refractivity contribution in [2.24, 2.45) is 5.92 Å². The van der Waals surface area contributed by atoms with Crippen LogP contribution in [0.2, 0.25) is 5.02 Å². The molecule has 4 aliphatic heterocycles. The van der Waals surface area contributed by atoms with E-state index in [9.17, 15) is 37.1 Å². The average molecular weight is 710 g/mol. The number of anilines is 2. The van der Waals surface area contributed by atoms with Gasteiger partial charge in [-0.1, -0.05) is 11.6 Å². The molecule has 0 radical (unpaired) electrons. The third-order valence-electron chi connectivity index (χ3n) is 10.5. The van der Waals surface area contributed by atoms with Gasteiger partial charge in [-0.3, -0.25) is 43.8 Å². The molecular formula is C34H31ClF3N7O5. The first kappa shape index (κ1) is 32.4. The number of piperidine rings is 1. The van der Waals surface area contributed by atoms with E-state index in [0.717, 1.165) is 60.0 Å². The van der Waals surface area contributed by atoms with Crippen LogP contribution in [0.3, 0.4) is 0 Å². The van der Waals surface area contributed by atoms with Crippen LogP contribution in [0.4, 0.5) is 24.5 Å². The summed E-state index contributed by atoms with van der Waals surface area (Å²) in [5, 5.41) is 9.53. The third-order valence-corrected chi connectivity index (χ3v) is 10.8. The number of alkyl halides is 3. The van der Waals surface area contributed by atoms with Crippen molar-refractivity contribution in [2.75, 3.05) is 29.9 Å². The van der Waals surface area contributed by atoms with Gasteiger partial charge in [0.05, 0.1) is 33.1 Å². The number of fused-ring (bicyclic) bond motifs is 2. The maximum Gasteiger partial charge on any atom is 0.416 e. The molecule has 2 aromatic carbocycles. The van der Waals surface area contributed by atoms with Crippen LogP contribution in [0.1, 0.15) is 69.6 Å². The molecule has 16 heteroatoms. The van der Waals surface area contributed by atoms with Crippen LogP contribution in [-0.4, -0.2) is 74.8 Å². The molecule has 12 nitrogen and oxygen atoms in total. The van der Waals surface area contributed by atoms with Crippen molar-refractivity contribution in [1.82, 2.24) is 24.9 Å². The number of benzene rings is 2. The molecule has 1 unspecified atom stereocenters. The SMILES string of the molecule is O=C1CCC(N2C(=O)c3ccc(N4CC(CN5Cc6cn(C7(C(=O)Nc8ccc(C(F)(F)F)cc8Cl)CCC7)nc6C5)C4)cc3C2=O)C(=O)N1. The molecule has 2 N–H and O–H groups in total. The summed E-state index contributed by atoms with van der Waals surface area (Å²) in [4.78, 5) is 69.0. The first-order valence-corrected chi connectivity index (χ1v) is 16.8. The summed E-state index contributed by atoms with van der Waals surface area (Å²) in [5.41, 5.74) is 1.51. The van der Waals surface area contributed by atoms with E-state index in [0.29, 0.717) is 31.8 Å². The van der Waals surface area contributed by atoms with Gasteiger partial charge in [-0.25, -0.2) is 0 Å². The Labute approximate surface area is 288 Å². The van der Waals surface area contributed by atoms with E-state index in [2.05, 4.69) is 20.4 Å². The molecule has 1 aromatic heterocycles. The number of aromatic nitrogens is 2. The smallest absolute Gasteiger partial charge is 0.371 e. The van der Waals surface area contributed by atoms with Gasteiger partial charge in [-0.05, 0) is 62.1 Å². The van der Waals surface area contributed by atoms with E-state index in [1.165, 1.54) is 6.07 Å². The van der Waals surface area contributed by atoms with Gasteiger partial charge in [0.25, 0.3) is 17.7 Å². The highest BCUT2D eigenvalue weighted by Gasteiger charge is 2.48. The molecule has 2 saturated heterocycles. The molecule has 3 aromatic rings. The second-order valence-electron chi connectivity index (χ2n) is 13.7. The Morgan fingerprint density at radius 3 is 2.44 bits per heavy atom. The molecule has 0 spiro atoms. The second-order valence-corrected chi connectivity index (χ2v) is 14.1. The number of nitrogens with zero attached hydrogens (tertiary/aromatic N) is 5. The summed E-state index contributed by atoms with van der Waals surface area (Å²) < 4.78 is 40.9. The zero-order chi connectivity index (χ0) is 35.1. The highest BCUT2D eigenvalue weighted by atomic mass is 35.5. The number of carbonyl (C=O) groups is 5. The van der Waals surface area contributed by atoms with Crippen LogP contribution >= 0.6 is 11.6 Å². The lowest BCUT2D eigenvalue weighted by Crippen LogP contribution is -2.54. The number of rotatable bonds is 7.